The van der Waals surface area contributed by atoms with Crippen LogP contribution in [0, 0.1) is 0 Å². The summed E-state index contributed by atoms with van der Waals surface area (Å²) in [6.07, 6.45) is 0. The summed E-state index contributed by atoms with van der Waals surface area (Å²) in [5, 5.41) is 17.9. The van der Waals surface area contributed by atoms with E-state index in [2.05, 4.69) is 15.0 Å². The van der Waals surface area contributed by atoms with Gasteiger partial charge in [0, 0.05) is 0 Å². The highest BCUT2D eigenvalue weighted by Gasteiger charge is 2.13. The summed E-state index contributed by atoms with van der Waals surface area (Å²) in [4.78, 5) is 23.2. The van der Waals surface area contributed by atoms with Gasteiger partial charge in [-0.3, -0.25) is 4.79 Å². The van der Waals surface area contributed by atoms with Crippen molar-refractivity contribution in [2.45, 2.75) is 0 Å². The number of esters is 1. The fourth-order valence-electron chi connectivity index (χ4n) is 2.15. The van der Waals surface area contributed by atoms with Gasteiger partial charge in [0.1, 0.15) is 11.4 Å². The van der Waals surface area contributed by atoms with Gasteiger partial charge >= 0.3 is 5.97 Å². The Balaban J connectivity index is 2.22. The molecule has 3 aromatic rings. The zero-order valence-electron chi connectivity index (χ0n) is 11.6. The van der Waals surface area contributed by atoms with Gasteiger partial charge in [0.25, 0.3) is 5.56 Å². The molecule has 0 unspecified atom stereocenters. The Hall–Kier alpha value is -3.22. The molecule has 1 N–H and O–H groups in total. The van der Waals surface area contributed by atoms with E-state index in [1.54, 1.807) is 24.3 Å². The van der Waals surface area contributed by atoms with Gasteiger partial charge in [-0.25, -0.2) is 9.48 Å². The molecule has 0 fully saturated rings. The van der Waals surface area contributed by atoms with Gasteiger partial charge in [-0.15, -0.1) is 0 Å². The van der Waals surface area contributed by atoms with Crippen molar-refractivity contribution in [2.75, 3.05) is 7.11 Å². The molecule has 7 nitrogen and oxygen atoms in total. The van der Waals surface area contributed by atoms with Gasteiger partial charge < -0.3 is 9.84 Å². The van der Waals surface area contributed by atoms with E-state index in [1.165, 1.54) is 30.0 Å². The molecule has 0 saturated heterocycles. The van der Waals surface area contributed by atoms with Gasteiger partial charge in [0.05, 0.1) is 23.6 Å². The highest BCUT2D eigenvalue weighted by atomic mass is 16.5. The number of methoxy groups -OCH3 is 1. The second-order valence-electron chi connectivity index (χ2n) is 4.52. The lowest BCUT2D eigenvalue weighted by Crippen LogP contribution is -2.16. The van der Waals surface area contributed by atoms with Crippen molar-refractivity contribution in [3.8, 4) is 11.4 Å². The molecule has 0 bridgehead atoms. The largest absolute Gasteiger partial charge is 0.506 e. The normalized spacial score (nSPS) is 10.6. The Labute approximate surface area is 124 Å². The van der Waals surface area contributed by atoms with Gasteiger partial charge in [0.15, 0.2) is 0 Å². The van der Waals surface area contributed by atoms with Crippen LogP contribution in [0.15, 0.2) is 47.3 Å². The molecule has 0 aliphatic carbocycles. The van der Waals surface area contributed by atoms with E-state index >= 15 is 0 Å². The molecule has 0 spiro atoms. The molecule has 0 saturated carbocycles. The van der Waals surface area contributed by atoms with Gasteiger partial charge in [-0.05, 0) is 30.3 Å². The zero-order valence-corrected chi connectivity index (χ0v) is 11.6. The molecule has 22 heavy (non-hydrogen) atoms. The number of rotatable bonds is 2. The van der Waals surface area contributed by atoms with E-state index in [-0.39, 0.29) is 11.3 Å². The molecule has 0 radical (unpaired) electrons. The minimum atomic E-state index is -0.558. The van der Waals surface area contributed by atoms with Crippen LogP contribution in [-0.2, 0) is 4.74 Å². The molecule has 0 aliphatic rings. The van der Waals surface area contributed by atoms with Crippen LogP contribution in [0.25, 0.3) is 16.6 Å². The van der Waals surface area contributed by atoms with Gasteiger partial charge in [0.2, 0.25) is 0 Å². The number of ether oxygens (including phenoxy) is 1. The number of nitrogens with zero attached hydrogens (tertiary/aromatic N) is 3. The summed E-state index contributed by atoms with van der Waals surface area (Å²) in [6.45, 7) is 0. The number of phenolic OH excluding ortho intramolecular Hbond substituents is 1. The van der Waals surface area contributed by atoms with Crippen molar-refractivity contribution in [2.24, 2.45) is 0 Å². The summed E-state index contributed by atoms with van der Waals surface area (Å²) in [7, 11) is 1.26. The average Bonchev–Trinajstić information content (AvgIpc) is 2.55. The SMILES string of the molecule is COC(=O)c1ccc(-n2nnc(=O)c3ccccc32)c(O)c1. The number of para-hydroxylation sites is 1. The fourth-order valence-corrected chi connectivity index (χ4v) is 2.15. The summed E-state index contributed by atoms with van der Waals surface area (Å²) < 4.78 is 5.94. The third-order valence-electron chi connectivity index (χ3n) is 3.21. The number of aromatic nitrogens is 3. The van der Waals surface area contributed by atoms with E-state index < -0.39 is 11.5 Å². The third-order valence-corrected chi connectivity index (χ3v) is 3.21. The van der Waals surface area contributed by atoms with Crippen molar-refractivity contribution < 1.29 is 14.6 Å². The summed E-state index contributed by atoms with van der Waals surface area (Å²) in [5.41, 5.74) is 0.569. The van der Waals surface area contributed by atoms with Crippen molar-refractivity contribution in [1.29, 1.82) is 0 Å². The molecule has 0 amide bonds. The third kappa shape index (κ3) is 2.18. The summed E-state index contributed by atoms with van der Waals surface area (Å²) in [6, 6.07) is 11.1. The van der Waals surface area contributed by atoms with Crippen molar-refractivity contribution >= 4 is 16.9 Å². The lowest BCUT2D eigenvalue weighted by molar-refractivity contribution is 0.0600. The molecule has 0 atom stereocenters. The van der Waals surface area contributed by atoms with Crippen LogP contribution >= 0.6 is 0 Å². The van der Waals surface area contributed by atoms with Crippen molar-refractivity contribution in [1.82, 2.24) is 15.0 Å². The average molecular weight is 297 g/mol. The highest BCUT2D eigenvalue weighted by Crippen LogP contribution is 2.24. The topological polar surface area (TPSA) is 94.3 Å². The van der Waals surface area contributed by atoms with Crippen LogP contribution in [0.3, 0.4) is 0 Å². The highest BCUT2D eigenvalue weighted by molar-refractivity contribution is 5.90. The fraction of sp³-hybridized carbons (Fsp3) is 0.0667. The maximum Gasteiger partial charge on any atom is 0.337 e. The van der Waals surface area contributed by atoms with E-state index in [4.69, 9.17) is 0 Å². The number of benzene rings is 2. The van der Waals surface area contributed by atoms with Crippen LogP contribution < -0.4 is 5.56 Å². The monoisotopic (exact) mass is 297 g/mol. The first kappa shape index (κ1) is 13.7. The predicted octanol–water partition coefficient (Wildman–Crippen LogP) is 1.27. The van der Waals surface area contributed by atoms with Gasteiger partial charge in [-0.2, -0.15) is 0 Å². The quantitative estimate of drug-likeness (QED) is 0.716. The Morgan fingerprint density at radius 2 is 2.00 bits per heavy atom. The number of hydrogen-bond donors (Lipinski definition) is 1. The Kier molecular flexibility index (Phi) is 3.30. The van der Waals surface area contributed by atoms with Crippen LogP contribution in [0.5, 0.6) is 5.75 Å². The Morgan fingerprint density at radius 3 is 2.73 bits per heavy atom. The van der Waals surface area contributed by atoms with Crippen LogP contribution in [-0.4, -0.2) is 33.2 Å². The maximum absolute atomic E-state index is 11.7. The molecular formula is C15H11N3O4. The molecule has 2 aromatic carbocycles. The second-order valence-corrected chi connectivity index (χ2v) is 4.52. The Morgan fingerprint density at radius 1 is 1.23 bits per heavy atom. The summed E-state index contributed by atoms with van der Waals surface area (Å²) >= 11 is 0. The van der Waals surface area contributed by atoms with Crippen molar-refractivity contribution in [3.63, 3.8) is 0 Å². The minimum absolute atomic E-state index is 0.175. The van der Waals surface area contributed by atoms with E-state index in [9.17, 15) is 14.7 Å². The molecular weight excluding hydrogens is 286 g/mol. The minimum Gasteiger partial charge on any atom is -0.506 e. The molecule has 1 heterocycles. The van der Waals surface area contributed by atoms with E-state index in [0.29, 0.717) is 16.6 Å². The molecule has 1 aromatic heterocycles. The first-order valence-corrected chi connectivity index (χ1v) is 6.38. The zero-order chi connectivity index (χ0) is 15.7. The number of hydrogen-bond acceptors (Lipinski definition) is 6. The van der Waals surface area contributed by atoms with E-state index in [0.717, 1.165) is 0 Å². The lowest BCUT2D eigenvalue weighted by atomic mass is 10.2. The smallest absolute Gasteiger partial charge is 0.337 e. The van der Waals surface area contributed by atoms with Crippen LogP contribution in [0.2, 0.25) is 0 Å². The maximum atomic E-state index is 11.7. The number of fused-ring (bicyclic) bond motifs is 1. The molecule has 3 rings (SSSR count). The first-order chi connectivity index (χ1) is 10.6. The lowest BCUT2D eigenvalue weighted by Gasteiger charge is -2.10. The molecule has 7 heteroatoms. The second kappa shape index (κ2) is 5.28. The number of carbonyl (C=O) groups excluding carboxylic acids is 1. The first-order valence-electron chi connectivity index (χ1n) is 6.38. The van der Waals surface area contributed by atoms with Gasteiger partial charge in [-0.1, -0.05) is 22.4 Å². The number of phenols is 1. The number of carbonyl (C=O) groups is 1. The van der Waals surface area contributed by atoms with E-state index in [1.807, 2.05) is 0 Å². The van der Waals surface area contributed by atoms with Crippen LogP contribution in [0.4, 0.5) is 0 Å². The predicted molar refractivity (Wildman–Crippen MR) is 78.1 cm³/mol. The molecule has 110 valence electrons. The standard InChI is InChI=1S/C15H11N3O4/c1-22-15(21)9-6-7-12(13(19)8-9)18-11-5-3-2-4-10(11)14(20)16-17-18/h2-8,19H,1H3. The summed E-state index contributed by atoms with van der Waals surface area (Å²) in [5.74, 6) is -0.733. The number of aromatic hydroxyl groups is 1. The molecule has 0 aliphatic heterocycles. The van der Waals surface area contributed by atoms with Crippen LogP contribution in [0.1, 0.15) is 10.4 Å². The Bertz CT molecular complexity index is 933. The van der Waals surface area contributed by atoms with Crippen molar-refractivity contribution in [3.05, 3.63) is 58.4 Å².